The zero-order chi connectivity index (χ0) is 6.69. The van der Waals surface area contributed by atoms with Crippen LogP contribution in [0.5, 0.6) is 0 Å². The summed E-state index contributed by atoms with van der Waals surface area (Å²) < 4.78 is 5.20. The Labute approximate surface area is 56.6 Å². The highest BCUT2D eigenvalue weighted by Gasteiger charge is 2.16. The molecule has 0 aliphatic carbocycles. The van der Waals surface area contributed by atoms with Crippen molar-refractivity contribution in [2.75, 3.05) is 20.2 Å². The zero-order valence-corrected chi connectivity index (χ0v) is 6.18. The Hall–Kier alpha value is -0.0800. The van der Waals surface area contributed by atoms with Gasteiger partial charge in [-0.15, -0.1) is 0 Å². The minimum Gasteiger partial charge on any atom is -0.380 e. The summed E-state index contributed by atoms with van der Waals surface area (Å²) in [7, 11) is 1.78. The molecule has 1 rings (SSSR count). The van der Waals surface area contributed by atoms with Gasteiger partial charge in [0.1, 0.15) is 0 Å². The standard InChI is InChI=1S/C7H15NO/c1-6-3-7(9-2)5-8-4-6/h6-8H,3-5H2,1-2H3/t6-,7?/m1/s1. The summed E-state index contributed by atoms with van der Waals surface area (Å²) in [6.45, 7) is 4.43. The Morgan fingerprint density at radius 1 is 1.44 bits per heavy atom. The van der Waals surface area contributed by atoms with Crippen LogP contribution in [-0.2, 0) is 4.74 Å². The van der Waals surface area contributed by atoms with Crippen LogP contribution >= 0.6 is 0 Å². The highest BCUT2D eigenvalue weighted by Crippen LogP contribution is 2.10. The summed E-state index contributed by atoms with van der Waals surface area (Å²) in [5, 5.41) is 3.31. The van der Waals surface area contributed by atoms with Crippen molar-refractivity contribution in [3.05, 3.63) is 0 Å². The molecule has 1 heterocycles. The molecule has 1 N–H and O–H groups in total. The SMILES string of the molecule is COC1CNC[C@H](C)C1. The molecular formula is C7H15NO. The molecule has 0 bridgehead atoms. The Morgan fingerprint density at radius 3 is 2.67 bits per heavy atom. The lowest BCUT2D eigenvalue weighted by atomic mass is 10.00. The minimum atomic E-state index is 0.453. The van der Waals surface area contributed by atoms with Gasteiger partial charge in [-0.2, -0.15) is 0 Å². The lowest BCUT2D eigenvalue weighted by molar-refractivity contribution is 0.0650. The summed E-state index contributed by atoms with van der Waals surface area (Å²) in [5.74, 6) is 0.781. The fraction of sp³-hybridized carbons (Fsp3) is 1.00. The van der Waals surface area contributed by atoms with E-state index in [4.69, 9.17) is 4.74 Å². The number of piperidine rings is 1. The van der Waals surface area contributed by atoms with E-state index in [0.717, 1.165) is 19.0 Å². The third-order valence-electron chi connectivity index (χ3n) is 1.86. The number of hydrogen-bond acceptors (Lipinski definition) is 2. The molecule has 2 nitrogen and oxygen atoms in total. The fourth-order valence-corrected chi connectivity index (χ4v) is 1.29. The van der Waals surface area contributed by atoms with E-state index in [9.17, 15) is 0 Å². The van der Waals surface area contributed by atoms with Gasteiger partial charge >= 0.3 is 0 Å². The summed E-state index contributed by atoms with van der Waals surface area (Å²) in [6, 6.07) is 0. The highest BCUT2D eigenvalue weighted by atomic mass is 16.5. The predicted molar refractivity (Wildman–Crippen MR) is 37.4 cm³/mol. The van der Waals surface area contributed by atoms with Crippen molar-refractivity contribution in [3.8, 4) is 0 Å². The number of hydrogen-bond donors (Lipinski definition) is 1. The van der Waals surface area contributed by atoms with Crippen molar-refractivity contribution in [2.24, 2.45) is 5.92 Å². The average Bonchev–Trinajstić information content (AvgIpc) is 1.88. The smallest absolute Gasteiger partial charge is 0.0698 e. The van der Waals surface area contributed by atoms with Crippen molar-refractivity contribution >= 4 is 0 Å². The Morgan fingerprint density at radius 2 is 2.22 bits per heavy atom. The van der Waals surface area contributed by atoms with E-state index in [0.29, 0.717) is 6.10 Å². The van der Waals surface area contributed by atoms with Crippen LogP contribution in [0.25, 0.3) is 0 Å². The molecule has 1 unspecified atom stereocenters. The third-order valence-corrected chi connectivity index (χ3v) is 1.86. The molecule has 54 valence electrons. The lowest BCUT2D eigenvalue weighted by Crippen LogP contribution is -2.39. The molecule has 0 amide bonds. The van der Waals surface area contributed by atoms with Crippen LogP contribution in [0.1, 0.15) is 13.3 Å². The first-order valence-electron chi connectivity index (χ1n) is 3.56. The molecule has 0 aromatic rings. The second-order valence-electron chi connectivity index (χ2n) is 2.86. The molecule has 1 aliphatic heterocycles. The number of ether oxygens (including phenoxy) is 1. The maximum Gasteiger partial charge on any atom is 0.0698 e. The Kier molecular flexibility index (Phi) is 2.49. The van der Waals surface area contributed by atoms with E-state index in [-0.39, 0.29) is 0 Å². The van der Waals surface area contributed by atoms with Crippen LogP contribution in [0.4, 0.5) is 0 Å². The van der Waals surface area contributed by atoms with Gasteiger partial charge in [-0.05, 0) is 18.9 Å². The Bertz CT molecular complexity index is 85.0. The van der Waals surface area contributed by atoms with Crippen molar-refractivity contribution in [2.45, 2.75) is 19.4 Å². The minimum absolute atomic E-state index is 0.453. The first kappa shape index (κ1) is 7.03. The van der Waals surface area contributed by atoms with Crippen LogP contribution in [0, 0.1) is 5.92 Å². The van der Waals surface area contributed by atoms with Gasteiger partial charge in [0.15, 0.2) is 0 Å². The fourth-order valence-electron chi connectivity index (χ4n) is 1.29. The van der Waals surface area contributed by atoms with Crippen LogP contribution in [0.15, 0.2) is 0 Å². The molecule has 1 fully saturated rings. The molecule has 0 aromatic heterocycles. The summed E-state index contributed by atoms with van der Waals surface area (Å²) in [6.07, 6.45) is 1.66. The van der Waals surface area contributed by atoms with Gasteiger partial charge in [0, 0.05) is 13.7 Å². The second kappa shape index (κ2) is 3.18. The van der Waals surface area contributed by atoms with Crippen molar-refractivity contribution in [3.63, 3.8) is 0 Å². The van der Waals surface area contributed by atoms with E-state index in [2.05, 4.69) is 12.2 Å². The van der Waals surface area contributed by atoms with Crippen molar-refractivity contribution in [1.82, 2.24) is 5.32 Å². The van der Waals surface area contributed by atoms with Crippen LogP contribution in [-0.4, -0.2) is 26.3 Å². The Balaban J connectivity index is 2.23. The van der Waals surface area contributed by atoms with E-state index in [1.54, 1.807) is 7.11 Å². The van der Waals surface area contributed by atoms with Gasteiger partial charge in [0.25, 0.3) is 0 Å². The molecule has 9 heavy (non-hydrogen) atoms. The largest absolute Gasteiger partial charge is 0.380 e. The van der Waals surface area contributed by atoms with Gasteiger partial charge in [0.2, 0.25) is 0 Å². The van der Waals surface area contributed by atoms with Crippen LogP contribution in [0.3, 0.4) is 0 Å². The molecule has 0 saturated carbocycles. The number of methoxy groups -OCH3 is 1. The van der Waals surface area contributed by atoms with Crippen molar-refractivity contribution < 1.29 is 4.74 Å². The quantitative estimate of drug-likeness (QED) is 0.560. The van der Waals surface area contributed by atoms with Gasteiger partial charge in [-0.3, -0.25) is 0 Å². The van der Waals surface area contributed by atoms with E-state index in [1.165, 1.54) is 6.42 Å². The molecule has 0 spiro atoms. The number of nitrogens with one attached hydrogen (secondary N) is 1. The van der Waals surface area contributed by atoms with E-state index in [1.807, 2.05) is 0 Å². The summed E-state index contributed by atoms with van der Waals surface area (Å²) in [5.41, 5.74) is 0. The number of rotatable bonds is 1. The molecule has 1 aliphatic rings. The van der Waals surface area contributed by atoms with E-state index >= 15 is 0 Å². The van der Waals surface area contributed by atoms with Crippen LogP contribution < -0.4 is 5.32 Å². The highest BCUT2D eigenvalue weighted by molar-refractivity contribution is 4.73. The van der Waals surface area contributed by atoms with Gasteiger partial charge < -0.3 is 10.1 Å². The third kappa shape index (κ3) is 1.95. The monoisotopic (exact) mass is 129 g/mol. The molecule has 2 heteroatoms. The van der Waals surface area contributed by atoms with Gasteiger partial charge in [0.05, 0.1) is 6.10 Å². The maximum atomic E-state index is 5.20. The summed E-state index contributed by atoms with van der Waals surface area (Å²) in [4.78, 5) is 0. The lowest BCUT2D eigenvalue weighted by Gasteiger charge is -2.26. The molecular weight excluding hydrogens is 114 g/mol. The molecule has 0 aromatic carbocycles. The van der Waals surface area contributed by atoms with Crippen molar-refractivity contribution in [1.29, 1.82) is 0 Å². The molecule has 2 atom stereocenters. The molecule has 1 saturated heterocycles. The zero-order valence-electron chi connectivity index (χ0n) is 6.18. The van der Waals surface area contributed by atoms with E-state index < -0.39 is 0 Å². The first-order chi connectivity index (χ1) is 4.33. The second-order valence-corrected chi connectivity index (χ2v) is 2.86. The average molecular weight is 129 g/mol. The molecule has 0 radical (unpaired) electrons. The predicted octanol–water partition coefficient (Wildman–Crippen LogP) is 0.631. The van der Waals surface area contributed by atoms with Gasteiger partial charge in [-0.1, -0.05) is 6.92 Å². The normalized spacial score (nSPS) is 36.7. The summed E-state index contributed by atoms with van der Waals surface area (Å²) >= 11 is 0. The topological polar surface area (TPSA) is 21.3 Å². The maximum absolute atomic E-state index is 5.20. The van der Waals surface area contributed by atoms with Crippen LogP contribution in [0.2, 0.25) is 0 Å². The van der Waals surface area contributed by atoms with Gasteiger partial charge in [-0.25, -0.2) is 0 Å². The first-order valence-corrected chi connectivity index (χ1v) is 3.56.